The molecule has 3 rings (SSSR count). The maximum absolute atomic E-state index is 9.48. The molecule has 1 aliphatic rings. The first-order valence-electron chi connectivity index (χ1n) is 7.61. The summed E-state index contributed by atoms with van der Waals surface area (Å²) in [5, 5.41) is 9.48. The van der Waals surface area contributed by atoms with Crippen molar-refractivity contribution < 1.29 is 5.11 Å². The number of hydrogen-bond acceptors (Lipinski definition) is 3. The quantitative estimate of drug-likeness (QED) is 0.938. The van der Waals surface area contributed by atoms with Gasteiger partial charge in [-0.05, 0) is 41.2 Å². The topological polar surface area (TPSA) is 36.4 Å². The number of rotatable bonds is 3. The Morgan fingerprint density at radius 3 is 2.67 bits per heavy atom. The van der Waals surface area contributed by atoms with Crippen molar-refractivity contribution in [3.63, 3.8) is 0 Å². The highest BCUT2D eigenvalue weighted by molar-refractivity contribution is 5.47. The fourth-order valence-electron chi connectivity index (χ4n) is 2.83. The van der Waals surface area contributed by atoms with Crippen LogP contribution in [0, 0.1) is 0 Å². The van der Waals surface area contributed by atoms with Gasteiger partial charge in [-0.25, -0.2) is 4.98 Å². The summed E-state index contributed by atoms with van der Waals surface area (Å²) in [6.45, 7) is 6.23. The van der Waals surface area contributed by atoms with Crippen LogP contribution in [0.2, 0.25) is 0 Å². The van der Waals surface area contributed by atoms with Gasteiger partial charge in [0.15, 0.2) is 0 Å². The maximum Gasteiger partial charge on any atom is 0.129 e. The molecule has 2 aromatic rings. The molecule has 0 bridgehead atoms. The van der Waals surface area contributed by atoms with E-state index in [1.54, 1.807) is 0 Å². The average molecular weight is 282 g/mol. The Balaban J connectivity index is 1.92. The third kappa shape index (κ3) is 2.93. The van der Waals surface area contributed by atoms with E-state index in [1.807, 2.05) is 12.1 Å². The Hall–Kier alpha value is -1.87. The molecule has 3 nitrogen and oxygen atoms in total. The van der Waals surface area contributed by atoms with Crippen molar-refractivity contribution in [1.82, 2.24) is 4.98 Å². The second-order valence-corrected chi connectivity index (χ2v) is 6.01. The number of aromatic nitrogens is 1. The van der Waals surface area contributed by atoms with E-state index in [9.17, 15) is 5.11 Å². The van der Waals surface area contributed by atoms with Gasteiger partial charge in [-0.3, -0.25) is 0 Å². The minimum atomic E-state index is 0.0691. The number of benzene rings is 1. The fourth-order valence-corrected chi connectivity index (χ4v) is 2.83. The van der Waals surface area contributed by atoms with Crippen molar-refractivity contribution in [2.24, 2.45) is 0 Å². The standard InChI is InChI=1S/C18H22N2O/c1-13(2)17-9-14(12-21)10-18(19-17)20-8-7-15-5-3-4-6-16(15)11-20/h3-6,9-10,13,21H,7-8,11-12H2,1-2H3. The minimum absolute atomic E-state index is 0.0691. The lowest BCUT2D eigenvalue weighted by atomic mass is 9.99. The van der Waals surface area contributed by atoms with Gasteiger partial charge < -0.3 is 10.0 Å². The Morgan fingerprint density at radius 2 is 1.95 bits per heavy atom. The summed E-state index contributed by atoms with van der Waals surface area (Å²) in [4.78, 5) is 7.11. The van der Waals surface area contributed by atoms with Gasteiger partial charge in [0, 0.05) is 18.8 Å². The van der Waals surface area contributed by atoms with Crippen LogP contribution in [0.4, 0.5) is 5.82 Å². The molecule has 0 fully saturated rings. The third-order valence-electron chi connectivity index (χ3n) is 4.12. The molecular formula is C18H22N2O. The van der Waals surface area contributed by atoms with Gasteiger partial charge in [0.25, 0.3) is 0 Å². The molecule has 21 heavy (non-hydrogen) atoms. The first kappa shape index (κ1) is 14.1. The van der Waals surface area contributed by atoms with Crippen molar-refractivity contribution in [3.8, 4) is 0 Å². The largest absolute Gasteiger partial charge is 0.392 e. The molecule has 0 spiro atoms. The Labute approximate surface area is 126 Å². The van der Waals surface area contributed by atoms with Crippen molar-refractivity contribution in [2.45, 2.75) is 39.3 Å². The van der Waals surface area contributed by atoms with Crippen LogP contribution in [0.15, 0.2) is 36.4 Å². The summed E-state index contributed by atoms with van der Waals surface area (Å²) in [6, 6.07) is 12.6. The number of aliphatic hydroxyl groups is 1. The first-order chi connectivity index (χ1) is 10.2. The van der Waals surface area contributed by atoms with E-state index in [1.165, 1.54) is 11.1 Å². The van der Waals surface area contributed by atoms with Crippen molar-refractivity contribution >= 4 is 5.82 Å². The number of anilines is 1. The molecule has 3 heteroatoms. The summed E-state index contributed by atoms with van der Waals surface area (Å²) in [6.07, 6.45) is 1.05. The molecule has 0 amide bonds. The summed E-state index contributed by atoms with van der Waals surface area (Å²) < 4.78 is 0. The second-order valence-electron chi connectivity index (χ2n) is 6.01. The van der Waals surface area contributed by atoms with Crippen molar-refractivity contribution in [2.75, 3.05) is 11.4 Å². The lowest BCUT2D eigenvalue weighted by Gasteiger charge is -2.30. The minimum Gasteiger partial charge on any atom is -0.392 e. The van der Waals surface area contributed by atoms with Crippen LogP contribution >= 0.6 is 0 Å². The maximum atomic E-state index is 9.48. The zero-order valence-electron chi connectivity index (χ0n) is 12.7. The van der Waals surface area contributed by atoms with Crippen LogP contribution in [0.3, 0.4) is 0 Å². The molecule has 0 saturated carbocycles. The predicted octanol–water partition coefficient (Wildman–Crippen LogP) is 3.26. The molecule has 110 valence electrons. The van der Waals surface area contributed by atoms with Gasteiger partial charge >= 0.3 is 0 Å². The summed E-state index contributed by atoms with van der Waals surface area (Å²) >= 11 is 0. The molecule has 1 N–H and O–H groups in total. The lowest BCUT2D eigenvalue weighted by molar-refractivity contribution is 0.281. The van der Waals surface area contributed by atoms with Gasteiger partial charge in [-0.15, -0.1) is 0 Å². The summed E-state index contributed by atoms with van der Waals surface area (Å²) in [7, 11) is 0. The SMILES string of the molecule is CC(C)c1cc(CO)cc(N2CCc3ccccc3C2)n1. The molecule has 1 aromatic carbocycles. The van der Waals surface area contributed by atoms with Crippen LogP contribution in [0.5, 0.6) is 0 Å². The smallest absolute Gasteiger partial charge is 0.129 e. The molecular weight excluding hydrogens is 260 g/mol. The van der Waals surface area contributed by atoms with Crippen LogP contribution in [0.1, 0.15) is 42.1 Å². The van der Waals surface area contributed by atoms with E-state index in [0.29, 0.717) is 5.92 Å². The van der Waals surface area contributed by atoms with Crippen LogP contribution in [-0.4, -0.2) is 16.6 Å². The number of pyridine rings is 1. The monoisotopic (exact) mass is 282 g/mol. The Bertz CT molecular complexity index is 637. The molecule has 0 unspecified atom stereocenters. The van der Waals surface area contributed by atoms with Crippen molar-refractivity contribution in [3.05, 3.63) is 58.8 Å². The number of nitrogens with zero attached hydrogens (tertiary/aromatic N) is 2. The fraction of sp³-hybridized carbons (Fsp3) is 0.389. The number of hydrogen-bond donors (Lipinski definition) is 1. The normalized spacial score (nSPS) is 14.4. The first-order valence-corrected chi connectivity index (χ1v) is 7.61. The molecule has 0 saturated heterocycles. The number of fused-ring (bicyclic) bond motifs is 1. The van der Waals surface area contributed by atoms with Gasteiger partial charge in [-0.1, -0.05) is 38.1 Å². The third-order valence-corrected chi connectivity index (χ3v) is 4.12. The highest BCUT2D eigenvalue weighted by Crippen LogP contribution is 2.26. The highest BCUT2D eigenvalue weighted by Gasteiger charge is 2.18. The molecule has 0 atom stereocenters. The lowest BCUT2D eigenvalue weighted by Crippen LogP contribution is -2.31. The molecule has 1 aliphatic heterocycles. The summed E-state index contributed by atoms with van der Waals surface area (Å²) in [5.74, 6) is 1.35. The van der Waals surface area contributed by atoms with Gasteiger partial charge in [0.1, 0.15) is 5.82 Å². The zero-order chi connectivity index (χ0) is 14.8. The zero-order valence-corrected chi connectivity index (χ0v) is 12.7. The van der Waals surface area contributed by atoms with E-state index in [-0.39, 0.29) is 6.61 Å². The van der Waals surface area contributed by atoms with Gasteiger partial charge in [0.05, 0.1) is 6.61 Å². The van der Waals surface area contributed by atoms with E-state index in [2.05, 4.69) is 43.0 Å². The van der Waals surface area contributed by atoms with E-state index in [0.717, 1.165) is 36.6 Å². The molecule has 1 aromatic heterocycles. The highest BCUT2D eigenvalue weighted by atomic mass is 16.3. The predicted molar refractivity (Wildman–Crippen MR) is 85.4 cm³/mol. The van der Waals surface area contributed by atoms with E-state index >= 15 is 0 Å². The van der Waals surface area contributed by atoms with Gasteiger partial charge in [0.2, 0.25) is 0 Å². The van der Waals surface area contributed by atoms with Gasteiger partial charge in [-0.2, -0.15) is 0 Å². The van der Waals surface area contributed by atoms with Crippen LogP contribution in [-0.2, 0) is 19.6 Å². The molecule has 0 aliphatic carbocycles. The van der Waals surface area contributed by atoms with E-state index in [4.69, 9.17) is 4.98 Å². The average Bonchev–Trinajstić information content (AvgIpc) is 2.53. The van der Waals surface area contributed by atoms with Crippen LogP contribution in [0.25, 0.3) is 0 Å². The Morgan fingerprint density at radius 1 is 1.19 bits per heavy atom. The Kier molecular flexibility index (Phi) is 3.93. The van der Waals surface area contributed by atoms with E-state index < -0.39 is 0 Å². The van der Waals surface area contributed by atoms with Crippen LogP contribution < -0.4 is 4.90 Å². The second kappa shape index (κ2) is 5.86. The number of aliphatic hydroxyl groups excluding tert-OH is 1. The molecule has 2 heterocycles. The summed E-state index contributed by atoms with van der Waals surface area (Å²) in [5.41, 5.74) is 4.82. The molecule has 0 radical (unpaired) electrons. The van der Waals surface area contributed by atoms with Crippen molar-refractivity contribution in [1.29, 1.82) is 0 Å².